The van der Waals surface area contributed by atoms with Gasteiger partial charge >= 0.3 is 0 Å². The fourth-order valence-corrected chi connectivity index (χ4v) is 2.04. The van der Waals surface area contributed by atoms with Crippen molar-refractivity contribution in [3.8, 4) is 5.75 Å². The van der Waals surface area contributed by atoms with Crippen molar-refractivity contribution in [1.29, 1.82) is 0 Å². The normalized spacial score (nSPS) is 11.8. The van der Waals surface area contributed by atoms with Crippen LogP contribution < -0.4 is 5.43 Å². The van der Waals surface area contributed by atoms with E-state index in [2.05, 4.69) is 15.5 Å². The molecule has 0 unspecified atom stereocenters. The van der Waals surface area contributed by atoms with Gasteiger partial charge in [0.2, 0.25) is 0 Å². The quantitative estimate of drug-likeness (QED) is 0.510. The molecule has 0 bridgehead atoms. The van der Waals surface area contributed by atoms with E-state index in [1.54, 1.807) is 12.1 Å². The molecule has 0 aliphatic rings. The smallest absolute Gasteiger partial charge is 0.182 e. The number of rotatable bonds is 3. The first-order valence-electron chi connectivity index (χ1n) is 6.14. The summed E-state index contributed by atoms with van der Waals surface area (Å²) >= 11 is 7.32. The highest BCUT2D eigenvalue weighted by atomic mass is 35.5. The largest absolute Gasteiger partial charge is 0.507 e. The Morgan fingerprint density at radius 3 is 2.71 bits per heavy atom. The topological polar surface area (TPSA) is 57.0 Å². The van der Waals surface area contributed by atoms with Crippen LogP contribution in [0.1, 0.15) is 5.56 Å². The second-order valence-electron chi connectivity index (χ2n) is 4.03. The maximum atomic E-state index is 9.68. The van der Waals surface area contributed by atoms with Gasteiger partial charge in [-0.15, -0.1) is 0 Å². The van der Waals surface area contributed by atoms with E-state index in [4.69, 9.17) is 11.6 Å². The number of aliphatic imine (C=N–C) groups is 1. The Balaban J connectivity index is 2.08. The van der Waals surface area contributed by atoms with Gasteiger partial charge in [0, 0.05) is 10.6 Å². The minimum absolute atomic E-state index is 0.121. The molecule has 2 N–H and O–H groups in total. The number of thioether (sulfide) groups is 1. The highest BCUT2D eigenvalue weighted by Gasteiger charge is 1.99. The molecule has 0 saturated carbocycles. The first-order chi connectivity index (χ1) is 10.2. The number of aromatic hydroxyl groups is 1. The van der Waals surface area contributed by atoms with E-state index in [0.29, 0.717) is 15.8 Å². The molecule has 0 amide bonds. The van der Waals surface area contributed by atoms with Gasteiger partial charge in [-0.3, -0.25) is 5.43 Å². The van der Waals surface area contributed by atoms with Crippen molar-refractivity contribution in [2.24, 2.45) is 10.1 Å². The molecule has 6 heteroatoms. The summed E-state index contributed by atoms with van der Waals surface area (Å²) in [7, 11) is 0. The minimum atomic E-state index is 0.121. The molecule has 0 aromatic heterocycles. The van der Waals surface area contributed by atoms with Crippen molar-refractivity contribution in [1.82, 2.24) is 5.43 Å². The lowest BCUT2D eigenvalue weighted by molar-refractivity contribution is 0.474. The molecule has 0 saturated heterocycles. The second kappa shape index (κ2) is 7.71. The molecule has 0 heterocycles. The number of halogens is 1. The maximum absolute atomic E-state index is 9.68. The second-order valence-corrected chi connectivity index (χ2v) is 5.26. The standard InChI is InChI=1S/C15H14ClN3OS/c1-21-15(18-13-5-3-2-4-6-13)19-17-10-11-9-12(16)7-8-14(11)20/h2-10,20H,1H3,(H,18,19)/b17-10-. The Morgan fingerprint density at radius 2 is 2.00 bits per heavy atom. The molecular weight excluding hydrogens is 306 g/mol. The molecule has 0 atom stereocenters. The van der Waals surface area contributed by atoms with Crippen LogP contribution in [-0.4, -0.2) is 22.7 Å². The molecule has 4 nitrogen and oxygen atoms in total. The van der Waals surface area contributed by atoms with Crippen molar-refractivity contribution in [2.45, 2.75) is 0 Å². The molecule has 2 aromatic carbocycles. The van der Waals surface area contributed by atoms with Crippen LogP contribution in [0.3, 0.4) is 0 Å². The minimum Gasteiger partial charge on any atom is -0.507 e. The van der Waals surface area contributed by atoms with Crippen LogP contribution in [0.25, 0.3) is 0 Å². The predicted molar refractivity (Wildman–Crippen MR) is 90.9 cm³/mol. The van der Waals surface area contributed by atoms with Crippen LogP contribution in [-0.2, 0) is 0 Å². The fraction of sp³-hybridized carbons (Fsp3) is 0.0667. The Hall–Kier alpha value is -1.98. The lowest BCUT2D eigenvalue weighted by atomic mass is 10.2. The van der Waals surface area contributed by atoms with E-state index in [0.717, 1.165) is 5.69 Å². The van der Waals surface area contributed by atoms with E-state index < -0.39 is 0 Å². The fourth-order valence-electron chi connectivity index (χ4n) is 1.52. The van der Waals surface area contributed by atoms with Crippen molar-refractivity contribution in [3.05, 3.63) is 59.1 Å². The number of nitrogens with one attached hydrogen (secondary N) is 1. The third-order valence-corrected chi connectivity index (χ3v) is 3.34. The van der Waals surface area contributed by atoms with Crippen molar-refractivity contribution in [3.63, 3.8) is 0 Å². The lowest BCUT2D eigenvalue weighted by Gasteiger charge is -2.03. The van der Waals surface area contributed by atoms with Crippen LogP contribution in [0.15, 0.2) is 58.6 Å². The van der Waals surface area contributed by atoms with Crippen molar-refractivity contribution < 1.29 is 5.11 Å². The highest BCUT2D eigenvalue weighted by Crippen LogP contribution is 2.19. The number of hydrazone groups is 1. The maximum Gasteiger partial charge on any atom is 0.182 e. The first-order valence-corrected chi connectivity index (χ1v) is 7.74. The summed E-state index contributed by atoms with van der Waals surface area (Å²) in [6.45, 7) is 0. The van der Waals surface area contributed by atoms with E-state index in [1.165, 1.54) is 24.0 Å². The Kier molecular flexibility index (Phi) is 5.66. The van der Waals surface area contributed by atoms with E-state index in [9.17, 15) is 5.11 Å². The third-order valence-electron chi connectivity index (χ3n) is 2.53. The summed E-state index contributed by atoms with van der Waals surface area (Å²) in [4.78, 5) is 4.41. The number of nitrogens with zero attached hydrogens (tertiary/aromatic N) is 2. The van der Waals surface area contributed by atoms with Gasteiger partial charge < -0.3 is 5.11 Å². The van der Waals surface area contributed by atoms with Gasteiger partial charge in [-0.2, -0.15) is 5.10 Å². The van der Waals surface area contributed by atoms with Crippen LogP contribution in [0.4, 0.5) is 5.69 Å². The van der Waals surface area contributed by atoms with Crippen LogP contribution in [0.5, 0.6) is 5.75 Å². The van der Waals surface area contributed by atoms with Gasteiger partial charge in [0.05, 0.1) is 11.9 Å². The Morgan fingerprint density at radius 1 is 1.24 bits per heavy atom. The number of amidine groups is 1. The van der Waals surface area contributed by atoms with Gasteiger partial charge in [-0.05, 0) is 36.6 Å². The number of hydrogen-bond donors (Lipinski definition) is 2. The molecule has 108 valence electrons. The van der Waals surface area contributed by atoms with Crippen LogP contribution in [0.2, 0.25) is 5.02 Å². The van der Waals surface area contributed by atoms with Gasteiger partial charge in [0.15, 0.2) is 5.17 Å². The Bertz CT molecular complexity index is 659. The average Bonchev–Trinajstić information content (AvgIpc) is 2.50. The highest BCUT2D eigenvalue weighted by molar-refractivity contribution is 8.13. The SMILES string of the molecule is CSC(=Nc1ccccc1)N/N=C\c1cc(Cl)ccc1O. The van der Waals surface area contributed by atoms with Crippen LogP contribution >= 0.6 is 23.4 Å². The van der Waals surface area contributed by atoms with Gasteiger partial charge in [-0.1, -0.05) is 41.6 Å². The third kappa shape index (κ3) is 4.81. The monoisotopic (exact) mass is 319 g/mol. The van der Waals surface area contributed by atoms with E-state index in [-0.39, 0.29) is 5.75 Å². The van der Waals surface area contributed by atoms with Gasteiger partial charge in [-0.25, -0.2) is 4.99 Å². The average molecular weight is 320 g/mol. The number of para-hydroxylation sites is 1. The molecule has 0 aliphatic heterocycles. The Labute approximate surface area is 132 Å². The molecule has 21 heavy (non-hydrogen) atoms. The lowest BCUT2D eigenvalue weighted by Crippen LogP contribution is -2.13. The summed E-state index contributed by atoms with van der Waals surface area (Å²) in [6, 6.07) is 14.4. The predicted octanol–water partition coefficient (Wildman–Crippen LogP) is 4.02. The molecule has 0 aliphatic carbocycles. The van der Waals surface area contributed by atoms with Crippen molar-refractivity contribution in [2.75, 3.05) is 6.26 Å². The molecule has 2 rings (SSSR count). The number of benzene rings is 2. The summed E-state index contributed by atoms with van der Waals surface area (Å²) in [5.41, 5.74) is 4.22. The van der Waals surface area contributed by atoms with Crippen molar-refractivity contribution >= 4 is 40.4 Å². The number of phenolic OH excluding ortho intramolecular Hbond substituents is 1. The summed E-state index contributed by atoms with van der Waals surface area (Å²) in [5.74, 6) is 0.121. The zero-order valence-corrected chi connectivity index (χ0v) is 12.9. The molecule has 0 fully saturated rings. The summed E-state index contributed by atoms with van der Waals surface area (Å²) in [5, 5.41) is 14.9. The zero-order chi connectivity index (χ0) is 15.1. The van der Waals surface area contributed by atoms with E-state index in [1.807, 2.05) is 36.6 Å². The van der Waals surface area contributed by atoms with Gasteiger partial charge in [0.1, 0.15) is 5.75 Å². The molecule has 2 aromatic rings. The summed E-state index contributed by atoms with van der Waals surface area (Å²) < 4.78 is 0. The molecule has 0 radical (unpaired) electrons. The van der Waals surface area contributed by atoms with Crippen LogP contribution in [0, 0.1) is 0 Å². The number of hydrogen-bond acceptors (Lipinski definition) is 4. The zero-order valence-electron chi connectivity index (χ0n) is 11.3. The molecular formula is C15H14ClN3OS. The first kappa shape index (κ1) is 15.4. The molecule has 0 spiro atoms. The summed E-state index contributed by atoms with van der Waals surface area (Å²) in [6.07, 6.45) is 3.40. The number of phenols is 1. The van der Waals surface area contributed by atoms with Gasteiger partial charge in [0.25, 0.3) is 0 Å². The van der Waals surface area contributed by atoms with E-state index >= 15 is 0 Å².